The zero-order valence-corrected chi connectivity index (χ0v) is 20.5. The topological polar surface area (TPSA) is 57.7 Å². The van der Waals surface area contributed by atoms with Crippen LogP contribution in [0.4, 0.5) is 4.39 Å². The van der Waals surface area contributed by atoms with Gasteiger partial charge < -0.3 is 4.90 Å². The van der Waals surface area contributed by atoms with Crippen molar-refractivity contribution >= 4 is 15.9 Å². The Morgan fingerprint density at radius 3 is 1.47 bits per heavy atom. The molecule has 0 atom stereocenters. The van der Waals surface area contributed by atoms with Gasteiger partial charge in [0.15, 0.2) is 0 Å². The van der Waals surface area contributed by atoms with Crippen LogP contribution in [0.2, 0.25) is 0 Å². The summed E-state index contributed by atoms with van der Waals surface area (Å²) in [6.07, 6.45) is 0. The average molecular weight is 503 g/mol. The molecule has 0 N–H and O–H groups in total. The molecule has 0 aliphatic heterocycles. The number of halogens is 1. The normalized spacial score (nSPS) is 11.4. The molecule has 0 unspecified atom stereocenters. The molecule has 36 heavy (non-hydrogen) atoms. The molecule has 0 aromatic heterocycles. The Labute approximate surface area is 211 Å². The van der Waals surface area contributed by atoms with Crippen molar-refractivity contribution in [2.24, 2.45) is 0 Å². The maximum atomic E-state index is 13.6. The molecule has 4 aromatic rings. The summed E-state index contributed by atoms with van der Waals surface area (Å²) in [5, 5.41) is 0. The van der Waals surface area contributed by atoms with Crippen LogP contribution < -0.4 is 0 Å². The van der Waals surface area contributed by atoms with Gasteiger partial charge in [-0.25, -0.2) is 12.8 Å². The van der Waals surface area contributed by atoms with Crippen molar-refractivity contribution in [1.29, 1.82) is 0 Å². The predicted octanol–water partition coefficient (Wildman–Crippen LogP) is 5.25. The summed E-state index contributed by atoms with van der Waals surface area (Å²) in [5.74, 6) is -0.860. The van der Waals surface area contributed by atoms with Crippen molar-refractivity contribution in [2.45, 2.75) is 24.5 Å². The molecular formula is C29H27FN2O3S. The highest BCUT2D eigenvalue weighted by atomic mass is 32.2. The van der Waals surface area contributed by atoms with Crippen LogP contribution in [0.25, 0.3) is 0 Å². The van der Waals surface area contributed by atoms with Gasteiger partial charge >= 0.3 is 0 Å². The number of hydrogen-bond donors (Lipinski definition) is 0. The molecule has 0 fully saturated rings. The van der Waals surface area contributed by atoms with Crippen LogP contribution in [-0.4, -0.2) is 30.1 Å². The van der Waals surface area contributed by atoms with Crippen molar-refractivity contribution in [3.05, 3.63) is 138 Å². The highest BCUT2D eigenvalue weighted by Gasteiger charge is 2.29. The first kappa shape index (κ1) is 25.3. The Bertz CT molecular complexity index is 1320. The first-order valence-electron chi connectivity index (χ1n) is 11.6. The number of sulfonamides is 1. The van der Waals surface area contributed by atoms with E-state index in [1.54, 1.807) is 4.90 Å². The fourth-order valence-electron chi connectivity index (χ4n) is 3.86. The van der Waals surface area contributed by atoms with E-state index in [1.165, 1.54) is 12.1 Å². The van der Waals surface area contributed by atoms with Gasteiger partial charge in [0.05, 0.1) is 11.4 Å². The highest BCUT2D eigenvalue weighted by molar-refractivity contribution is 7.89. The fraction of sp³-hybridized carbons (Fsp3) is 0.138. The zero-order chi connectivity index (χ0) is 25.4. The van der Waals surface area contributed by atoms with E-state index in [2.05, 4.69) is 0 Å². The quantitative estimate of drug-likeness (QED) is 0.298. The summed E-state index contributed by atoms with van der Waals surface area (Å²) in [6, 6.07) is 32.9. The van der Waals surface area contributed by atoms with E-state index in [1.807, 2.05) is 91.0 Å². The van der Waals surface area contributed by atoms with E-state index in [0.29, 0.717) is 13.1 Å². The lowest BCUT2D eigenvalue weighted by atomic mass is 10.1. The minimum absolute atomic E-state index is 0.0107. The van der Waals surface area contributed by atoms with Crippen LogP contribution in [-0.2, 0) is 34.5 Å². The lowest BCUT2D eigenvalue weighted by Crippen LogP contribution is -2.42. The Kier molecular flexibility index (Phi) is 8.25. The second-order valence-corrected chi connectivity index (χ2v) is 10.4. The lowest BCUT2D eigenvalue weighted by molar-refractivity contribution is -0.132. The molecule has 0 saturated carbocycles. The van der Waals surface area contributed by atoms with Gasteiger partial charge in [0.25, 0.3) is 0 Å². The van der Waals surface area contributed by atoms with Gasteiger partial charge in [-0.05, 0) is 41.0 Å². The number of benzene rings is 4. The van der Waals surface area contributed by atoms with Crippen molar-refractivity contribution in [2.75, 3.05) is 6.54 Å². The van der Waals surface area contributed by atoms with Gasteiger partial charge in [0, 0.05) is 19.6 Å². The maximum Gasteiger partial charge on any atom is 0.243 e. The molecule has 4 rings (SSSR count). The van der Waals surface area contributed by atoms with E-state index in [9.17, 15) is 17.6 Å². The van der Waals surface area contributed by atoms with Gasteiger partial charge in [-0.15, -0.1) is 0 Å². The van der Waals surface area contributed by atoms with E-state index in [0.717, 1.165) is 33.1 Å². The zero-order valence-electron chi connectivity index (χ0n) is 19.7. The summed E-state index contributed by atoms with van der Waals surface area (Å²) < 4.78 is 41.7. The molecule has 0 bridgehead atoms. The molecule has 0 aliphatic rings. The Morgan fingerprint density at radius 2 is 1.03 bits per heavy atom. The van der Waals surface area contributed by atoms with Gasteiger partial charge in [0.2, 0.25) is 15.9 Å². The molecule has 0 spiro atoms. The van der Waals surface area contributed by atoms with Crippen LogP contribution >= 0.6 is 0 Å². The number of nitrogens with zero attached hydrogens (tertiary/aromatic N) is 2. The van der Waals surface area contributed by atoms with Crippen molar-refractivity contribution in [3.63, 3.8) is 0 Å². The molecule has 0 aliphatic carbocycles. The van der Waals surface area contributed by atoms with E-state index < -0.39 is 15.8 Å². The molecule has 0 heterocycles. The Balaban J connectivity index is 1.64. The third kappa shape index (κ3) is 6.65. The summed E-state index contributed by atoms with van der Waals surface area (Å²) >= 11 is 0. The third-order valence-electron chi connectivity index (χ3n) is 5.75. The smallest absolute Gasteiger partial charge is 0.243 e. The van der Waals surface area contributed by atoms with E-state index in [4.69, 9.17) is 0 Å². The average Bonchev–Trinajstić information content (AvgIpc) is 2.90. The van der Waals surface area contributed by atoms with Crippen LogP contribution in [0.15, 0.2) is 120 Å². The summed E-state index contributed by atoms with van der Waals surface area (Å²) in [6.45, 7) is 0.333. The largest absolute Gasteiger partial charge is 0.333 e. The number of rotatable bonds is 10. The molecule has 7 heteroatoms. The van der Waals surface area contributed by atoms with Crippen LogP contribution in [0.1, 0.15) is 16.7 Å². The Hall–Kier alpha value is -3.81. The summed E-state index contributed by atoms with van der Waals surface area (Å²) in [4.78, 5) is 15.2. The standard InChI is InChI=1S/C29H27FN2O3S/c30-27-16-18-28(19-17-27)36(34,35)32(22-26-14-8-3-9-15-26)23-29(33)31(20-24-10-4-1-5-11-24)21-25-12-6-2-7-13-25/h1-19H,20-23H2. The van der Waals surface area contributed by atoms with E-state index in [-0.39, 0.29) is 23.9 Å². The minimum Gasteiger partial charge on any atom is -0.333 e. The van der Waals surface area contributed by atoms with Crippen LogP contribution in [0.3, 0.4) is 0 Å². The van der Waals surface area contributed by atoms with Crippen LogP contribution in [0.5, 0.6) is 0 Å². The second-order valence-electron chi connectivity index (χ2n) is 8.43. The number of amides is 1. The monoisotopic (exact) mass is 502 g/mol. The van der Waals surface area contributed by atoms with E-state index >= 15 is 0 Å². The molecule has 1 amide bonds. The maximum absolute atomic E-state index is 13.6. The van der Waals surface area contributed by atoms with Gasteiger partial charge in [0.1, 0.15) is 5.82 Å². The third-order valence-corrected chi connectivity index (χ3v) is 7.56. The van der Waals surface area contributed by atoms with Gasteiger partial charge in [-0.3, -0.25) is 4.79 Å². The molecule has 184 valence electrons. The van der Waals surface area contributed by atoms with Crippen molar-refractivity contribution in [3.8, 4) is 0 Å². The SMILES string of the molecule is O=C(CN(Cc1ccccc1)S(=O)(=O)c1ccc(F)cc1)N(Cc1ccccc1)Cc1ccccc1. The second kappa shape index (κ2) is 11.7. The molecule has 0 saturated heterocycles. The van der Waals surface area contributed by atoms with Gasteiger partial charge in [-0.2, -0.15) is 4.31 Å². The fourth-order valence-corrected chi connectivity index (χ4v) is 5.24. The first-order valence-corrected chi connectivity index (χ1v) is 13.0. The molecular weight excluding hydrogens is 475 g/mol. The Morgan fingerprint density at radius 1 is 0.611 bits per heavy atom. The van der Waals surface area contributed by atoms with Crippen LogP contribution in [0, 0.1) is 5.82 Å². The number of hydrogen-bond acceptors (Lipinski definition) is 3. The summed E-state index contributed by atoms with van der Waals surface area (Å²) in [7, 11) is -4.07. The van der Waals surface area contributed by atoms with Gasteiger partial charge in [-0.1, -0.05) is 91.0 Å². The number of carbonyl (C=O) groups is 1. The number of carbonyl (C=O) groups excluding carboxylic acids is 1. The minimum atomic E-state index is -4.07. The van der Waals surface area contributed by atoms with Crippen molar-refractivity contribution < 1.29 is 17.6 Å². The molecule has 4 aromatic carbocycles. The lowest BCUT2D eigenvalue weighted by Gasteiger charge is -2.28. The predicted molar refractivity (Wildman–Crippen MR) is 138 cm³/mol. The molecule has 5 nitrogen and oxygen atoms in total. The molecule has 0 radical (unpaired) electrons. The first-order chi connectivity index (χ1) is 17.4. The van der Waals surface area contributed by atoms with Crippen molar-refractivity contribution in [1.82, 2.24) is 9.21 Å². The highest BCUT2D eigenvalue weighted by Crippen LogP contribution is 2.20. The summed E-state index contributed by atoms with van der Waals surface area (Å²) in [5.41, 5.74) is 2.63.